The maximum absolute atomic E-state index is 11.7. The Labute approximate surface area is 95.3 Å². The van der Waals surface area contributed by atoms with E-state index in [0.717, 1.165) is 0 Å². The lowest BCUT2D eigenvalue weighted by Gasteiger charge is -2.12. The van der Waals surface area contributed by atoms with Gasteiger partial charge < -0.3 is 10.2 Å². The van der Waals surface area contributed by atoms with Crippen LogP contribution in [0.4, 0.5) is 0 Å². The van der Waals surface area contributed by atoms with Gasteiger partial charge in [-0.25, -0.2) is 4.79 Å². The quantitative estimate of drug-likeness (QED) is 0.676. The molecule has 90 valence electrons. The standard InChI is InChI=1S/C12H18O4/c1-5-9(13)6-10(8(4)12(15)16)11(14)7(2)3/h9,13H,2,5-6H2,1,3-4H3,(H,15,16). The molecule has 0 radical (unpaired) electrons. The third-order valence-electron chi connectivity index (χ3n) is 2.35. The van der Waals surface area contributed by atoms with Gasteiger partial charge in [-0.2, -0.15) is 0 Å². The van der Waals surface area contributed by atoms with Crippen LogP contribution in [0.1, 0.15) is 33.6 Å². The predicted molar refractivity (Wildman–Crippen MR) is 61.1 cm³/mol. The molecular weight excluding hydrogens is 208 g/mol. The lowest BCUT2D eigenvalue weighted by molar-refractivity contribution is -0.133. The highest BCUT2D eigenvalue weighted by Crippen LogP contribution is 2.17. The van der Waals surface area contributed by atoms with Crippen molar-refractivity contribution in [1.82, 2.24) is 0 Å². The summed E-state index contributed by atoms with van der Waals surface area (Å²) in [5.74, 6) is -1.54. The number of carbonyl (C=O) groups excluding carboxylic acids is 1. The molecular formula is C12H18O4. The van der Waals surface area contributed by atoms with E-state index < -0.39 is 17.9 Å². The number of ketones is 1. The number of carboxylic acid groups (broad SMARTS) is 1. The fraction of sp³-hybridized carbons (Fsp3) is 0.500. The van der Waals surface area contributed by atoms with Crippen molar-refractivity contribution in [1.29, 1.82) is 0 Å². The zero-order valence-electron chi connectivity index (χ0n) is 9.91. The SMILES string of the molecule is C=C(C)C(=O)C(CC(O)CC)=C(C)C(=O)O. The summed E-state index contributed by atoms with van der Waals surface area (Å²) in [6.07, 6.45) is -0.173. The van der Waals surface area contributed by atoms with Gasteiger partial charge >= 0.3 is 5.97 Å². The molecule has 0 bridgehead atoms. The van der Waals surface area contributed by atoms with Crippen LogP contribution in [0.15, 0.2) is 23.3 Å². The molecule has 0 amide bonds. The van der Waals surface area contributed by atoms with E-state index in [1.54, 1.807) is 6.92 Å². The Morgan fingerprint density at radius 1 is 1.31 bits per heavy atom. The van der Waals surface area contributed by atoms with Gasteiger partial charge in [-0.3, -0.25) is 4.79 Å². The Morgan fingerprint density at radius 3 is 2.12 bits per heavy atom. The van der Waals surface area contributed by atoms with Gasteiger partial charge in [-0.1, -0.05) is 13.5 Å². The second-order valence-electron chi connectivity index (χ2n) is 3.78. The summed E-state index contributed by atoms with van der Waals surface area (Å²) in [4.78, 5) is 22.5. The molecule has 0 saturated carbocycles. The zero-order chi connectivity index (χ0) is 12.9. The van der Waals surface area contributed by atoms with Gasteiger partial charge in [0.15, 0.2) is 5.78 Å². The first-order chi connectivity index (χ1) is 7.31. The van der Waals surface area contributed by atoms with Crippen LogP contribution in [-0.4, -0.2) is 28.1 Å². The van der Waals surface area contributed by atoms with E-state index in [-0.39, 0.29) is 23.1 Å². The molecule has 0 fully saturated rings. The van der Waals surface area contributed by atoms with Crippen molar-refractivity contribution in [2.75, 3.05) is 0 Å². The monoisotopic (exact) mass is 226 g/mol. The Hall–Kier alpha value is -1.42. The fourth-order valence-electron chi connectivity index (χ4n) is 1.18. The maximum atomic E-state index is 11.7. The van der Waals surface area contributed by atoms with E-state index in [1.807, 2.05) is 0 Å². The van der Waals surface area contributed by atoms with E-state index in [4.69, 9.17) is 5.11 Å². The summed E-state index contributed by atoms with van der Waals surface area (Å²) in [5, 5.41) is 18.3. The lowest BCUT2D eigenvalue weighted by Crippen LogP contribution is -2.16. The van der Waals surface area contributed by atoms with Gasteiger partial charge in [0.25, 0.3) is 0 Å². The molecule has 0 aromatic heterocycles. The minimum Gasteiger partial charge on any atom is -0.478 e. The molecule has 2 N–H and O–H groups in total. The van der Waals surface area contributed by atoms with Crippen molar-refractivity contribution in [2.45, 2.75) is 39.7 Å². The number of rotatable bonds is 6. The van der Waals surface area contributed by atoms with E-state index in [0.29, 0.717) is 6.42 Å². The average molecular weight is 226 g/mol. The van der Waals surface area contributed by atoms with Crippen LogP contribution in [-0.2, 0) is 9.59 Å². The van der Waals surface area contributed by atoms with Gasteiger partial charge in [0.05, 0.1) is 6.10 Å². The third-order valence-corrected chi connectivity index (χ3v) is 2.35. The molecule has 0 aliphatic rings. The Bertz CT molecular complexity index is 339. The number of allylic oxidation sites excluding steroid dienone is 1. The van der Waals surface area contributed by atoms with Crippen molar-refractivity contribution >= 4 is 11.8 Å². The van der Waals surface area contributed by atoms with E-state index in [9.17, 15) is 14.7 Å². The number of hydrogen-bond donors (Lipinski definition) is 2. The molecule has 0 aromatic rings. The zero-order valence-corrected chi connectivity index (χ0v) is 9.91. The molecule has 0 aliphatic heterocycles. The predicted octanol–water partition coefficient (Wildman–Crippen LogP) is 1.69. The van der Waals surface area contributed by atoms with Crippen LogP contribution in [0.3, 0.4) is 0 Å². The molecule has 16 heavy (non-hydrogen) atoms. The van der Waals surface area contributed by atoms with Crippen LogP contribution in [0.25, 0.3) is 0 Å². The van der Waals surface area contributed by atoms with E-state index >= 15 is 0 Å². The van der Waals surface area contributed by atoms with Crippen molar-refractivity contribution in [3.05, 3.63) is 23.3 Å². The highest BCUT2D eigenvalue weighted by atomic mass is 16.4. The second kappa shape index (κ2) is 6.23. The first-order valence-electron chi connectivity index (χ1n) is 5.12. The van der Waals surface area contributed by atoms with Gasteiger partial charge in [0.1, 0.15) is 0 Å². The Kier molecular flexibility index (Phi) is 5.67. The first kappa shape index (κ1) is 14.6. The molecule has 0 saturated heterocycles. The molecule has 0 spiro atoms. The highest BCUT2D eigenvalue weighted by Gasteiger charge is 2.19. The van der Waals surface area contributed by atoms with Gasteiger partial charge in [0.2, 0.25) is 0 Å². The number of aliphatic carboxylic acids is 1. The molecule has 1 atom stereocenters. The molecule has 0 rings (SSSR count). The Morgan fingerprint density at radius 2 is 1.81 bits per heavy atom. The number of Topliss-reactive ketones (excluding diaryl/α,β-unsaturated/α-hetero) is 1. The molecule has 4 nitrogen and oxygen atoms in total. The van der Waals surface area contributed by atoms with Crippen LogP contribution < -0.4 is 0 Å². The second-order valence-corrected chi connectivity index (χ2v) is 3.78. The van der Waals surface area contributed by atoms with Gasteiger partial charge in [-0.15, -0.1) is 0 Å². The van der Waals surface area contributed by atoms with Crippen molar-refractivity contribution in [2.24, 2.45) is 0 Å². The van der Waals surface area contributed by atoms with E-state index in [2.05, 4.69) is 6.58 Å². The summed E-state index contributed by atoms with van der Waals surface area (Å²) in [7, 11) is 0. The smallest absolute Gasteiger partial charge is 0.331 e. The summed E-state index contributed by atoms with van der Waals surface area (Å²) in [6, 6.07) is 0. The fourth-order valence-corrected chi connectivity index (χ4v) is 1.18. The average Bonchev–Trinajstić information content (AvgIpc) is 2.23. The highest BCUT2D eigenvalue weighted by molar-refractivity contribution is 6.11. The van der Waals surface area contributed by atoms with Crippen LogP contribution in [0, 0.1) is 0 Å². The summed E-state index contributed by atoms with van der Waals surface area (Å²) >= 11 is 0. The largest absolute Gasteiger partial charge is 0.478 e. The summed E-state index contributed by atoms with van der Waals surface area (Å²) in [5.41, 5.74) is 0.383. The normalized spacial score (nSPS) is 14.0. The van der Waals surface area contributed by atoms with Crippen molar-refractivity contribution in [3.63, 3.8) is 0 Å². The third kappa shape index (κ3) is 3.98. The van der Waals surface area contributed by atoms with Crippen molar-refractivity contribution in [3.8, 4) is 0 Å². The number of aliphatic hydroxyl groups excluding tert-OH is 1. The molecule has 0 heterocycles. The van der Waals surface area contributed by atoms with Crippen LogP contribution in [0.2, 0.25) is 0 Å². The minimum absolute atomic E-state index is 0.0273. The topological polar surface area (TPSA) is 74.6 Å². The van der Waals surface area contributed by atoms with Crippen molar-refractivity contribution < 1.29 is 19.8 Å². The molecule has 1 unspecified atom stereocenters. The lowest BCUT2D eigenvalue weighted by atomic mass is 9.94. The van der Waals surface area contributed by atoms with Gasteiger partial charge in [0, 0.05) is 17.6 Å². The summed E-state index contributed by atoms with van der Waals surface area (Å²) in [6.45, 7) is 8.15. The maximum Gasteiger partial charge on any atom is 0.331 e. The molecule has 4 heteroatoms. The van der Waals surface area contributed by atoms with Crippen LogP contribution >= 0.6 is 0 Å². The number of aliphatic hydroxyl groups is 1. The number of carbonyl (C=O) groups is 2. The Balaban J connectivity index is 5.22. The van der Waals surface area contributed by atoms with Gasteiger partial charge in [-0.05, 0) is 25.8 Å². The molecule has 0 aliphatic carbocycles. The summed E-state index contributed by atoms with van der Waals surface area (Å²) < 4.78 is 0. The number of carboxylic acids is 1. The van der Waals surface area contributed by atoms with Crippen LogP contribution in [0.5, 0.6) is 0 Å². The minimum atomic E-state index is -1.15. The van der Waals surface area contributed by atoms with E-state index in [1.165, 1.54) is 13.8 Å². The number of hydrogen-bond acceptors (Lipinski definition) is 3. The molecule has 0 aromatic carbocycles. The first-order valence-corrected chi connectivity index (χ1v) is 5.12.